The molecule has 0 N–H and O–H groups in total. The number of hydrogen-bond acceptors (Lipinski definition) is 0. The summed E-state index contributed by atoms with van der Waals surface area (Å²) < 4.78 is 0. The second-order valence-electron chi connectivity index (χ2n) is 17.2. The normalized spacial score (nSPS) is 12.3. The van der Waals surface area contributed by atoms with Crippen LogP contribution in [0.4, 0.5) is 11.4 Å². The molecule has 0 bridgehead atoms. The molecule has 0 atom stereocenters. The molecule has 0 spiro atoms. The smallest absolute Gasteiger partial charge is 0.0643 e. The lowest BCUT2D eigenvalue weighted by Gasteiger charge is -2.11. The second-order valence-corrected chi connectivity index (χ2v) is 17.2. The summed E-state index contributed by atoms with van der Waals surface area (Å²) in [6.07, 6.45) is 0. The highest BCUT2D eigenvalue weighted by Crippen LogP contribution is 2.37. The number of benzene rings is 14. The van der Waals surface area contributed by atoms with Crippen LogP contribution < -0.4 is 5.32 Å². The van der Waals surface area contributed by atoms with Crippen molar-refractivity contribution in [3.8, 4) is 0 Å². The van der Waals surface area contributed by atoms with E-state index >= 15 is 0 Å². The molecule has 0 unspecified atom stereocenters. The molecule has 0 heterocycles. The largest absolute Gasteiger partial charge is 0.249 e. The standard InChI is InChI=1S/C60H34N/c1-3-7-37-15-43-21-49-27-53-29-55-31-57-33-59(11-9-39(57)17-45(55)23-51(53)25-47(49)19-41(43)13-35(37)5-1)61-60-12-10-40-18-46-24-52-26-48-20-42-14-36-6-2-4-8-38(36)16-44(42)22-50(48)28-54(52)30-56(46)32-58(40)34-60/h1-34H. The van der Waals surface area contributed by atoms with E-state index in [-0.39, 0.29) is 0 Å². The van der Waals surface area contributed by atoms with Gasteiger partial charge in [-0.05, 0) is 275 Å². The molecule has 61 heavy (non-hydrogen) atoms. The maximum atomic E-state index is 5.16. The molecular formula is C60H34N. The lowest BCUT2D eigenvalue weighted by molar-refractivity contribution is 1.20. The predicted octanol–water partition coefficient (Wildman–Crippen LogP) is 17.1. The van der Waals surface area contributed by atoms with Crippen LogP contribution in [-0.4, -0.2) is 0 Å². The maximum Gasteiger partial charge on any atom is 0.0643 e. The van der Waals surface area contributed by atoms with Gasteiger partial charge in [0.15, 0.2) is 0 Å². The highest BCUT2D eigenvalue weighted by Gasteiger charge is 2.10. The summed E-state index contributed by atoms with van der Waals surface area (Å²) >= 11 is 0. The van der Waals surface area contributed by atoms with Crippen molar-refractivity contribution in [1.29, 1.82) is 0 Å². The van der Waals surface area contributed by atoms with Crippen LogP contribution in [0.1, 0.15) is 0 Å². The Labute approximate surface area is 350 Å². The minimum atomic E-state index is 0.955. The van der Waals surface area contributed by atoms with Crippen LogP contribution in [0, 0.1) is 0 Å². The van der Waals surface area contributed by atoms with Gasteiger partial charge in [-0.3, -0.25) is 0 Å². The first-order valence-corrected chi connectivity index (χ1v) is 21.1. The molecule has 279 valence electrons. The molecule has 0 aliphatic heterocycles. The first-order chi connectivity index (χ1) is 30.0. The van der Waals surface area contributed by atoms with Gasteiger partial charge in [-0.15, -0.1) is 0 Å². The molecule has 1 radical (unpaired) electrons. The Hall–Kier alpha value is -8.00. The van der Waals surface area contributed by atoms with E-state index < -0.39 is 0 Å². The van der Waals surface area contributed by atoms with Crippen LogP contribution in [0.3, 0.4) is 0 Å². The van der Waals surface area contributed by atoms with E-state index in [2.05, 4.69) is 206 Å². The van der Waals surface area contributed by atoms with Gasteiger partial charge in [-0.1, -0.05) is 60.7 Å². The summed E-state index contributed by atoms with van der Waals surface area (Å²) in [7, 11) is 0. The SMILES string of the molecule is c1ccc2cc3cc4cc5cc6cc7cc([N]c8ccc9cc%10cc%11cc%12cc%13cc%14ccccc%14cc%13cc%12cc%11cc%10cc9c8)ccc7cc6cc5cc4cc3cc2c1. The Balaban J connectivity index is 0.801. The van der Waals surface area contributed by atoms with Crippen LogP contribution in [0.5, 0.6) is 0 Å². The summed E-state index contributed by atoms with van der Waals surface area (Å²) in [6, 6.07) is 77.1. The van der Waals surface area contributed by atoms with Gasteiger partial charge in [0.1, 0.15) is 0 Å². The monoisotopic (exact) mass is 768 g/mol. The molecule has 1 heteroatoms. The predicted molar refractivity (Wildman–Crippen MR) is 264 cm³/mol. The Morgan fingerprint density at radius 1 is 0.148 bits per heavy atom. The number of rotatable bonds is 2. The zero-order chi connectivity index (χ0) is 39.8. The molecule has 14 aromatic rings. The van der Waals surface area contributed by atoms with E-state index in [0.717, 1.165) is 11.4 Å². The van der Waals surface area contributed by atoms with Crippen LogP contribution in [0.15, 0.2) is 206 Å². The zero-order valence-corrected chi connectivity index (χ0v) is 33.1. The number of nitrogens with zero attached hydrogens (tertiary/aromatic N) is 1. The Morgan fingerprint density at radius 3 is 0.525 bits per heavy atom. The van der Waals surface area contributed by atoms with Crippen molar-refractivity contribution in [1.82, 2.24) is 5.32 Å². The summed E-state index contributed by atoms with van der Waals surface area (Å²) in [6.45, 7) is 0. The molecule has 0 fully saturated rings. The Bertz CT molecular complexity index is 3980. The van der Waals surface area contributed by atoms with Crippen molar-refractivity contribution < 1.29 is 0 Å². The van der Waals surface area contributed by atoms with E-state index in [9.17, 15) is 0 Å². The average molecular weight is 769 g/mol. The highest BCUT2D eigenvalue weighted by molar-refractivity contribution is 6.14. The molecule has 0 aromatic heterocycles. The minimum absolute atomic E-state index is 0.955. The van der Waals surface area contributed by atoms with E-state index in [0.29, 0.717) is 0 Å². The summed E-state index contributed by atoms with van der Waals surface area (Å²) in [5.41, 5.74) is 1.91. The third-order valence-corrected chi connectivity index (χ3v) is 13.3. The van der Waals surface area contributed by atoms with Crippen LogP contribution in [-0.2, 0) is 0 Å². The fourth-order valence-electron chi connectivity index (χ4n) is 10.2. The Morgan fingerprint density at radius 2 is 0.311 bits per heavy atom. The quantitative estimate of drug-likeness (QED) is 0.156. The second kappa shape index (κ2) is 12.3. The van der Waals surface area contributed by atoms with Crippen LogP contribution >= 0.6 is 0 Å². The van der Waals surface area contributed by atoms with Crippen molar-refractivity contribution in [2.45, 2.75) is 0 Å². The van der Waals surface area contributed by atoms with Crippen molar-refractivity contribution in [2.24, 2.45) is 0 Å². The summed E-state index contributed by atoms with van der Waals surface area (Å²) in [5, 5.41) is 35.3. The van der Waals surface area contributed by atoms with E-state index in [4.69, 9.17) is 5.32 Å². The number of fused-ring (bicyclic) bond motifs is 12. The first kappa shape index (κ1) is 32.9. The van der Waals surface area contributed by atoms with Gasteiger partial charge in [0, 0.05) is 0 Å². The molecule has 0 aliphatic rings. The van der Waals surface area contributed by atoms with Gasteiger partial charge in [0.2, 0.25) is 0 Å². The zero-order valence-electron chi connectivity index (χ0n) is 33.1. The molecular weight excluding hydrogens is 735 g/mol. The number of hydrogen-bond donors (Lipinski definition) is 0. The van der Waals surface area contributed by atoms with Crippen molar-refractivity contribution in [3.05, 3.63) is 206 Å². The van der Waals surface area contributed by atoms with Crippen LogP contribution in [0.25, 0.3) is 129 Å². The minimum Gasteiger partial charge on any atom is -0.249 e. The lowest BCUT2D eigenvalue weighted by atomic mass is 9.95. The van der Waals surface area contributed by atoms with Crippen molar-refractivity contribution >= 4 is 141 Å². The van der Waals surface area contributed by atoms with Gasteiger partial charge in [-0.2, -0.15) is 0 Å². The summed E-state index contributed by atoms with van der Waals surface area (Å²) in [5.74, 6) is 0. The summed E-state index contributed by atoms with van der Waals surface area (Å²) in [4.78, 5) is 0. The average Bonchev–Trinajstić information content (AvgIpc) is 3.27. The molecule has 0 saturated heterocycles. The maximum absolute atomic E-state index is 5.16. The van der Waals surface area contributed by atoms with Gasteiger partial charge in [0.25, 0.3) is 0 Å². The third-order valence-electron chi connectivity index (χ3n) is 13.3. The topological polar surface area (TPSA) is 14.1 Å². The van der Waals surface area contributed by atoms with Gasteiger partial charge in [-0.25, -0.2) is 5.32 Å². The van der Waals surface area contributed by atoms with Gasteiger partial charge >= 0.3 is 0 Å². The van der Waals surface area contributed by atoms with Gasteiger partial charge < -0.3 is 0 Å². The van der Waals surface area contributed by atoms with E-state index in [1.165, 1.54) is 129 Å². The third kappa shape index (κ3) is 5.34. The lowest BCUT2D eigenvalue weighted by Crippen LogP contribution is -1.89. The van der Waals surface area contributed by atoms with Crippen LogP contribution in [0.2, 0.25) is 0 Å². The molecule has 0 saturated carbocycles. The molecule has 0 amide bonds. The highest BCUT2D eigenvalue weighted by atomic mass is 14.9. The fraction of sp³-hybridized carbons (Fsp3) is 0. The van der Waals surface area contributed by atoms with Crippen molar-refractivity contribution in [2.75, 3.05) is 0 Å². The molecule has 0 aliphatic carbocycles. The molecule has 14 aromatic carbocycles. The fourth-order valence-corrected chi connectivity index (χ4v) is 10.2. The van der Waals surface area contributed by atoms with E-state index in [1.54, 1.807) is 0 Å². The molecule has 14 rings (SSSR count). The first-order valence-electron chi connectivity index (χ1n) is 21.1. The van der Waals surface area contributed by atoms with Gasteiger partial charge in [0.05, 0.1) is 11.4 Å². The Kier molecular flexibility index (Phi) is 6.62. The van der Waals surface area contributed by atoms with Crippen molar-refractivity contribution in [3.63, 3.8) is 0 Å². The van der Waals surface area contributed by atoms with E-state index in [1.807, 2.05) is 0 Å². The molecule has 1 nitrogen and oxygen atoms in total.